The number of carbonyl (C=O) groups is 1. The van der Waals surface area contributed by atoms with Gasteiger partial charge in [-0.25, -0.2) is 4.99 Å². The lowest BCUT2D eigenvalue weighted by Crippen LogP contribution is -2.17. The smallest absolute Gasteiger partial charge is 0.217 e. The van der Waals surface area contributed by atoms with Crippen molar-refractivity contribution in [3.8, 4) is 0 Å². The maximum absolute atomic E-state index is 11.6. The lowest BCUT2D eigenvalue weighted by atomic mass is 9.93. The zero-order valence-electron chi connectivity index (χ0n) is 11.4. The molecule has 3 nitrogen and oxygen atoms in total. The molecule has 1 atom stereocenters. The molecule has 0 aliphatic carbocycles. The largest absolute Gasteiger partial charge is 0.475 e. The van der Waals surface area contributed by atoms with Crippen molar-refractivity contribution in [1.82, 2.24) is 0 Å². The van der Waals surface area contributed by atoms with Gasteiger partial charge in [0.25, 0.3) is 0 Å². The van der Waals surface area contributed by atoms with Crippen LogP contribution in [-0.2, 0) is 9.53 Å². The third-order valence-electron chi connectivity index (χ3n) is 3.23. The molecule has 0 saturated heterocycles. The molecule has 0 N–H and O–H groups in total. The molecular formula is C15H19NO2. The Balaban J connectivity index is 2.43. The van der Waals surface area contributed by atoms with Crippen LogP contribution in [0.4, 0.5) is 0 Å². The van der Waals surface area contributed by atoms with Crippen LogP contribution >= 0.6 is 0 Å². The maximum Gasteiger partial charge on any atom is 0.217 e. The second kappa shape index (κ2) is 4.56. The summed E-state index contributed by atoms with van der Waals surface area (Å²) in [5.41, 5.74) is 1.74. The van der Waals surface area contributed by atoms with Gasteiger partial charge in [0.05, 0.1) is 5.54 Å². The number of hydrogen-bond donors (Lipinski definition) is 0. The molecule has 1 aliphatic heterocycles. The minimum Gasteiger partial charge on any atom is -0.475 e. The molecule has 18 heavy (non-hydrogen) atoms. The summed E-state index contributed by atoms with van der Waals surface area (Å²) in [6.45, 7) is 8.20. The lowest BCUT2D eigenvalue weighted by Gasteiger charge is -2.13. The summed E-state index contributed by atoms with van der Waals surface area (Å²) in [5, 5.41) is 0. The van der Waals surface area contributed by atoms with Crippen molar-refractivity contribution in [2.75, 3.05) is 6.61 Å². The standard InChI is InChI=1S/C15H19NO2/c1-10(11(2)17)12-7-5-6-8-13(12)14-16-15(3,4)9-18-14/h5-8,10H,9H2,1-4H3. The van der Waals surface area contributed by atoms with Gasteiger partial charge in [-0.05, 0) is 32.4 Å². The number of ketones is 1. The quantitative estimate of drug-likeness (QED) is 0.821. The first-order valence-corrected chi connectivity index (χ1v) is 6.23. The van der Waals surface area contributed by atoms with Gasteiger partial charge < -0.3 is 4.74 Å². The minimum absolute atomic E-state index is 0.129. The van der Waals surface area contributed by atoms with Gasteiger partial charge in [-0.1, -0.05) is 25.1 Å². The van der Waals surface area contributed by atoms with Gasteiger partial charge in [0, 0.05) is 11.5 Å². The first-order chi connectivity index (χ1) is 8.41. The molecule has 1 aliphatic rings. The van der Waals surface area contributed by atoms with Crippen LogP contribution in [0.5, 0.6) is 0 Å². The third-order valence-corrected chi connectivity index (χ3v) is 3.23. The van der Waals surface area contributed by atoms with Gasteiger partial charge >= 0.3 is 0 Å². The second-order valence-corrected chi connectivity index (χ2v) is 5.44. The van der Waals surface area contributed by atoms with E-state index >= 15 is 0 Å². The molecule has 0 spiro atoms. The Labute approximate surface area is 108 Å². The van der Waals surface area contributed by atoms with Gasteiger partial charge in [0.15, 0.2) is 0 Å². The summed E-state index contributed by atoms with van der Waals surface area (Å²) in [7, 11) is 0. The molecule has 1 aromatic carbocycles. The highest BCUT2D eigenvalue weighted by Crippen LogP contribution is 2.26. The number of hydrogen-bond acceptors (Lipinski definition) is 3. The predicted octanol–water partition coefficient (Wildman–Crippen LogP) is 2.93. The number of nitrogens with zero attached hydrogens (tertiary/aromatic N) is 1. The first-order valence-electron chi connectivity index (χ1n) is 6.23. The van der Waals surface area contributed by atoms with Gasteiger partial charge in [0.1, 0.15) is 12.4 Å². The fraction of sp³-hybridized carbons (Fsp3) is 0.467. The van der Waals surface area contributed by atoms with Crippen molar-refractivity contribution in [3.63, 3.8) is 0 Å². The molecule has 3 heteroatoms. The monoisotopic (exact) mass is 245 g/mol. The molecule has 0 fully saturated rings. The normalized spacial score (nSPS) is 19.0. The molecule has 0 radical (unpaired) electrons. The van der Waals surface area contributed by atoms with E-state index in [0.29, 0.717) is 12.5 Å². The number of aliphatic imine (C=N–C) groups is 1. The highest BCUT2D eigenvalue weighted by atomic mass is 16.5. The second-order valence-electron chi connectivity index (χ2n) is 5.44. The predicted molar refractivity (Wildman–Crippen MR) is 72.1 cm³/mol. The van der Waals surface area contributed by atoms with Crippen LogP contribution in [0.15, 0.2) is 29.3 Å². The summed E-state index contributed by atoms with van der Waals surface area (Å²) in [6.07, 6.45) is 0. The molecule has 2 rings (SSSR count). The van der Waals surface area contributed by atoms with Crippen molar-refractivity contribution in [3.05, 3.63) is 35.4 Å². The van der Waals surface area contributed by atoms with Crippen molar-refractivity contribution in [2.45, 2.75) is 39.2 Å². The Bertz CT molecular complexity index is 503. The van der Waals surface area contributed by atoms with Crippen LogP contribution in [0.3, 0.4) is 0 Å². The Morgan fingerprint density at radius 1 is 1.39 bits per heavy atom. The number of rotatable bonds is 3. The number of benzene rings is 1. The molecule has 96 valence electrons. The molecule has 0 amide bonds. The van der Waals surface area contributed by atoms with Gasteiger partial charge in [-0.3, -0.25) is 4.79 Å². The van der Waals surface area contributed by atoms with Crippen LogP contribution in [-0.4, -0.2) is 23.8 Å². The van der Waals surface area contributed by atoms with Crippen molar-refractivity contribution >= 4 is 11.7 Å². The van der Waals surface area contributed by atoms with Crippen molar-refractivity contribution in [1.29, 1.82) is 0 Å². The Morgan fingerprint density at radius 2 is 2.06 bits per heavy atom. The summed E-state index contributed by atoms with van der Waals surface area (Å²) in [4.78, 5) is 16.1. The zero-order chi connectivity index (χ0) is 13.3. The van der Waals surface area contributed by atoms with E-state index in [9.17, 15) is 4.79 Å². The van der Waals surface area contributed by atoms with Gasteiger partial charge in [0.2, 0.25) is 5.90 Å². The number of carbonyl (C=O) groups excluding carboxylic acids is 1. The van der Waals surface area contributed by atoms with E-state index < -0.39 is 0 Å². The molecule has 1 aromatic rings. The average Bonchev–Trinajstić information content (AvgIpc) is 2.68. The minimum atomic E-state index is -0.179. The summed E-state index contributed by atoms with van der Waals surface area (Å²) in [5.74, 6) is 0.681. The van der Waals surface area contributed by atoms with Gasteiger partial charge in [-0.2, -0.15) is 0 Å². The summed E-state index contributed by atoms with van der Waals surface area (Å²) >= 11 is 0. The highest BCUT2D eigenvalue weighted by Gasteiger charge is 2.29. The molecule has 0 saturated carbocycles. The van der Waals surface area contributed by atoms with E-state index in [1.54, 1.807) is 6.92 Å². The van der Waals surface area contributed by atoms with E-state index in [-0.39, 0.29) is 17.2 Å². The summed E-state index contributed by atoms with van der Waals surface area (Å²) in [6, 6.07) is 7.83. The fourth-order valence-electron chi connectivity index (χ4n) is 2.01. The Kier molecular flexibility index (Phi) is 3.24. The van der Waals surface area contributed by atoms with Crippen molar-refractivity contribution in [2.24, 2.45) is 4.99 Å². The van der Waals surface area contributed by atoms with Crippen LogP contribution in [0.1, 0.15) is 44.7 Å². The van der Waals surface area contributed by atoms with Crippen LogP contribution in [0.2, 0.25) is 0 Å². The number of Topliss-reactive ketones (excluding diaryl/α,β-unsaturated/α-hetero) is 1. The molecule has 0 aromatic heterocycles. The summed E-state index contributed by atoms with van der Waals surface area (Å²) < 4.78 is 5.66. The molecule has 0 bridgehead atoms. The van der Waals surface area contributed by atoms with Crippen molar-refractivity contribution < 1.29 is 9.53 Å². The first kappa shape index (κ1) is 12.8. The topological polar surface area (TPSA) is 38.7 Å². The van der Waals surface area contributed by atoms with E-state index in [2.05, 4.69) is 4.99 Å². The van der Waals surface area contributed by atoms with Crippen LogP contribution < -0.4 is 0 Å². The van der Waals surface area contributed by atoms with Crippen LogP contribution in [0.25, 0.3) is 0 Å². The number of ether oxygens (including phenoxy) is 1. The highest BCUT2D eigenvalue weighted by molar-refractivity contribution is 5.98. The third kappa shape index (κ3) is 2.45. The van der Waals surface area contributed by atoms with E-state index in [1.807, 2.05) is 45.0 Å². The van der Waals surface area contributed by atoms with E-state index in [4.69, 9.17) is 4.74 Å². The Hall–Kier alpha value is -1.64. The zero-order valence-corrected chi connectivity index (χ0v) is 11.4. The van der Waals surface area contributed by atoms with E-state index in [0.717, 1.165) is 11.1 Å². The maximum atomic E-state index is 11.6. The van der Waals surface area contributed by atoms with Crippen LogP contribution in [0, 0.1) is 0 Å². The molecular weight excluding hydrogens is 226 g/mol. The average molecular weight is 245 g/mol. The van der Waals surface area contributed by atoms with Gasteiger partial charge in [-0.15, -0.1) is 0 Å². The Morgan fingerprint density at radius 3 is 2.61 bits per heavy atom. The fourth-order valence-corrected chi connectivity index (χ4v) is 2.01. The molecule has 1 unspecified atom stereocenters. The lowest BCUT2D eigenvalue weighted by molar-refractivity contribution is -0.118. The molecule has 1 heterocycles. The van der Waals surface area contributed by atoms with E-state index in [1.165, 1.54) is 0 Å². The SMILES string of the molecule is CC(=O)C(C)c1ccccc1C1=NC(C)(C)CO1.